The topological polar surface area (TPSA) is 47.5 Å². The molecule has 1 aliphatic rings. The highest BCUT2D eigenvalue weighted by Gasteiger charge is 2.21. The molecule has 20 heavy (non-hydrogen) atoms. The minimum Gasteiger partial charge on any atom is -0.477 e. The van der Waals surface area contributed by atoms with Crippen molar-refractivity contribution in [1.29, 1.82) is 0 Å². The highest BCUT2D eigenvalue weighted by Crippen LogP contribution is 2.32. The predicted molar refractivity (Wildman–Crippen MR) is 77.4 cm³/mol. The number of likely N-dealkylation sites (N-methyl/N-ethyl adjacent to an activating group) is 1. The van der Waals surface area contributed by atoms with Crippen molar-refractivity contribution >= 4 is 11.0 Å². The van der Waals surface area contributed by atoms with Gasteiger partial charge in [-0.05, 0) is 43.1 Å². The second-order valence-corrected chi connectivity index (χ2v) is 5.25. The number of nitrogens with zero attached hydrogens (tertiary/aromatic N) is 3. The van der Waals surface area contributed by atoms with Gasteiger partial charge < -0.3 is 14.4 Å². The molecule has 0 unspecified atom stereocenters. The third kappa shape index (κ3) is 1.98. The average Bonchev–Trinajstić information content (AvgIpc) is 2.46. The molecule has 0 fully saturated rings. The Morgan fingerprint density at radius 2 is 1.80 bits per heavy atom. The van der Waals surface area contributed by atoms with E-state index < -0.39 is 0 Å². The molecular formula is C15H19N3O2. The number of benzene rings is 1. The average molecular weight is 273 g/mol. The van der Waals surface area contributed by atoms with Crippen molar-refractivity contribution in [3.05, 3.63) is 22.8 Å². The van der Waals surface area contributed by atoms with Crippen molar-refractivity contribution in [2.75, 3.05) is 27.8 Å². The van der Waals surface area contributed by atoms with Crippen molar-refractivity contribution in [1.82, 2.24) is 14.9 Å². The summed E-state index contributed by atoms with van der Waals surface area (Å²) in [5.74, 6) is 0.886. The first kappa shape index (κ1) is 13.1. The maximum atomic E-state index is 5.28. The number of aryl methyl sites for hydroxylation is 1. The summed E-state index contributed by atoms with van der Waals surface area (Å²) in [5.41, 5.74) is 5.75. The van der Waals surface area contributed by atoms with Gasteiger partial charge in [-0.3, -0.25) is 0 Å². The van der Waals surface area contributed by atoms with E-state index in [0.29, 0.717) is 11.8 Å². The Labute approximate surface area is 118 Å². The first-order valence-corrected chi connectivity index (χ1v) is 6.73. The van der Waals surface area contributed by atoms with E-state index in [1.807, 2.05) is 0 Å². The number of hydrogen-bond donors (Lipinski definition) is 0. The molecule has 0 amide bonds. The van der Waals surface area contributed by atoms with Crippen LogP contribution in [0.4, 0.5) is 0 Å². The van der Waals surface area contributed by atoms with Crippen LogP contribution in [0.5, 0.6) is 11.8 Å². The number of hydrogen-bond acceptors (Lipinski definition) is 5. The summed E-state index contributed by atoms with van der Waals surface area (Å²) in [4.78, 5) is 11.5. The molecular weight excluding hydrogens is 254 g/mol. The Morgan fingerprint density at radius 1 is 1.10 bits per heavy atom. The Balaban J connectivity index is 2.28. The van der Waals surface area contributed by atoms with Gasteiger partial charge in [0.15, 0.2) is 0 Å². The summed E-state index contributed by atoms with van der Waals surface area (Å²) < 4.78 is 10.5. The molecule has 5 heteroatoms. The Hall–Kier alpha value is -1.88. The van der Waals surface area contributed by atoms with Crippen LogP contribution in [0.2, 0.25) is 0 Å². The summed E-state index contributed by atoms with van der Waals surface area (Å²) >= 11 is 0. The summed E-state index contributed by atoms with van der Waals surface area (Å²) in [6, 6.07) is 2.09. The molecule has 0 bridgehead atoms. The van der Waals surface area contributed by atoms with Gasteiger partial charge in [-0.15, -0.1) is 0 Å². The zero-order valence-corrected chi connectivity index (χ0v) is 12.4. The van der Waals surface area contributed by atoms with Gasteiger partial charge in [0, 0.05) is 13.1 Å². The molecule has 0 saturated carbocycles. The summed E-state index contributed by atoms with van der Waals surface area (Å²) in [7, 11) is 5.32. The lowest BCUT2D eigenvalue weighted by Gasteiger charge is -2.27. The molecule has 0 aliphatic carbocycles. The van der Waals surface area contributed by atoms with Gasteiger partial charge in [0.05, 0.1) is 25.3 Å². The Bertz CT molecular complexity index is 670. The van der Waals surface area contributed by atoms with Crippen molar-refractivity contribution < 1.29 is 9.47 Å². The van der Waals surface area contributed by atoms with Gasteiger partial charge in [0.2, 0.25) is 0 Å². The van der Waals surface area contributed by atoms with Crippen LogP contribution in [-0.2, 0) is 13.0 Å². The maximum Gasteiger partial charge on any atom is 0.278 e. The van der Waals surface area contributed by atoms with E-state index in [1.165, 1.54) is 16.7 Å². The van der Waals surface area contributed by atoms with Crippen molar-refractivity contribution in [2.45, 2.75) is 19.9 Å². The second kappa shape index (κ2) is 4.90. The minimum atomic E-state index is 0.437. The van der Waals surface area contributed by atoms with Crippen LogP contribution in [0.1, 0.15) is 16.7 Å². The third-order valence-corrected chi connectivity index (χ3v) is 3.90. The van der Waals surface area contributed by atoms with Crippen LogP contribution >= 0.6 is 0 Å². The number of ether oxygens (including phenoxy) is 2. The Kier molecular flexibility index (Phi) is 3.22. The zero-order chi connectivity index (χ0) is 14.3. The number of methoxy groups -OCH3 is 2. The van der Waals surface area contributed by atoms with Gasteiger partial charge in [0.1, 0.15) is 0 Å². The molecule has 1 aromatic carbocycles. The lowest BCUT2D eigenvalue weighted by atomic mass is 9.94. The van der Waals surface area contributed by atoms with E-state index in [0.717, 1.165) is 30.5 Å². The van der Waals surface area contributed by atoms with E-state index >= 15 is 0 Å². The first-order chi connectivity index (χ1) is 9.63. The normalized spacial score (nSPS) is 15.2. The molecule has 5 nitrogen and oxygen atoms in total. The van der Waals surface area contributed by atoms with Gasteiger partial charge in [-0.2, -0.15) is 0 Å². The highest BCUT2D eigenvalue weighted by molar-refractivity contribution is 5.82. The summed E-state index contributed by atoms with van der Waals surface area (Å²) in [5, 5.41) is 0. The van der Waals surface area contributed by atoms with Gasteiger partial charge >= 0.3 is 0 Å². The standard InChI is InChI=1S/C15H19N3O2/c1-9-7-12-13(10-5-6-18(2)8-11(9)10)17-15(20-4)14(16-12)19-3/h7H,5-6,8H2,1-4H3. The monoisotopic (exact) mass is 273 g/mol. The number of rotatable bonds is 2. The number of aromatic nitrogens is 2. The lowest BCUT2D eigenvalue weighted by molar-refractivity contribution is 0.312. The SMILES string of the molecule is COc1nc2cc(C)c3c(c2nc1OC)CCN(C)C3. The van der Waals surface area contributed by atoms with E-state index in [-0.39, 0.29) is 0 Å². The van der Waals surface area contributed by atoms with Crippen LogP contribution in [-0.4, -0.2) is 42.7 Å². The van der Waals surface area contributed by atoms with E-state index in [9.17, 15) is 0 Å². The summed E-state index contributed by atoms with van der Waals surface area (Å²) in [6.45, 7) is 4.14. The van der Waals surface area contributed by atoms with Gasteiger partial charge in [-0.25, -0.2) is 9.97 Å². The van der Waals surface area contributed by atoms with E-state index in [2.05, 4.69) is 34.9 Å². The van der Waals surface area contributed by atoms with Crippen LogP contribution in [0, 0.1) is 6.92 Å². The largest absolute Gasteiger partial charge is 0.477 e. The summed E-state index contributed by atoms with van der Waals surface area (Å²) in [6.07, 6.45) is 0.994. The van der Waals surface area contributed by atoms with Crippen LogP contribution in [0.15, 0.2) is 6.07 Å². The van der Waals surface area contributed by atoms with Crippen LogP contribution in [0.25, 0.3) is 11.0 Å². The predicted octanol–water partition coefficient (Wildman–Crippen LogP) is 1.94. The molecule has 2 aromatic rings. The van der Waals surface area contributed by atoms with Crippen molar-refractivity contribution in [3.63, 3.8) is 0 Å². The molecule has 0 atom stereocenters. The molecule has 0 N–H and O–H groups in total. The molecule has 1 aliphatic heterocycles. The number of fused-ring (bicyclic) bond motifs is 3. The van der Waals surface area contributed by atoms with E-state index in [1.54, 1.807) is 14.2 Å². The molecule has 0 saturated heterocycles. The van der Waals surface area contributed by atoms with Crippen molar-refractivity contribution in [2.24, 2.45) is 0 Å². The Morgan fingerprint density at radius 3 is 2.50 bits per heavy atom. The maximum absolute atomic E-state index is 5.28. The quantitative estimate of drug-likeness (QED) is 0.837. The fourth-order valence-corrected chi connectivity index (χ4v) is 2.82. The molecule has 0 spiro atoms. The van der Waals surface area contributed by atoms with Crippen molar-refractivity contribution in [3.8, 4) is 11.8 Å². The van der Waals surface area contributed by atoms with Gasteiger partial charge in [-0.1, -0.05) is 0 Å². The molecule has 2 heterocycles. The molecule has 1 aromatic heterocycles. The third-order valence-electron chi connectivity index (χ3n) is 3.90. The highest BCUT2D eigenvalue weighted by atomic mass is 16.5. The van der Waals surface area contributed by atoms with Crippen LogP contribution in [0.3, 0.4) is 0 Å². The fourth-order valence-electron chi connectivity index (χ4n) is 2.82. The molecule has 106 valence electrons. The zero-order valence-electron chi connectivity index (χ0n) is 12.4. The smallest absolute Gasteiger partial charge is 0.278 e. The fraction of sp³-hybridized carbons (Fsp3) is 0.467. The molecule has 0 radical (unpaired) electrons. The van der Waals surface area contributed by atoms with E-state index in [4.69, 9.17) is 9.47 Å². The van der Waals surface area contributed by atoms with Gasteiger partial charge in [0.25, 0.3) is 11.8 Å². The van der Waals surface area contributed by atoms with Crippen LogP contribution < -0.4 is 9.47 Å². The molecule has 3 rings (SSSR count). The second-order valence-electron chi connectivity index (χ2n) is 5.25. The minimum absolute atomic E-state index is 0.437. The lowest BCUT2D eigenvalue weighted by Crippen LogP contribution is -2.27. The first-order valence-electron chi connectivity index (χ1n) is 6.73.